The maximum absolute atomic E-state index is 10.5. The van der Waals surface area contributed by atoms with E-state index in [-0.39, 0.29) is 6.10 Å². The normalized spacial score (nSPS) is 19.4. The van der Waals surface area contributed by atoms with E-state index in [1.807, 2.05) is 12.1 Å². The van der Waals surface area contributed by atoms with Crippen LogP contribution in [-0.2, 0) is 19.3 Å². The van der Waals surface area contributed by atoms with Crippen LogP contribution in [0.2, 0.25) is 0 Å². The highest BCUT2D eigenvalue weighted by molar-refractivity contribution is 9.10. The number of rotatable bonds is 3. The zero-order valence-corrected chi connectivity index (χ0v) is 13.0. The monoisotopic (exact) mass is 330 g/mol. The van der Waals surface area contributed by atoms with Crippen LogP contribution in [0.25, 0.3) is 0 Å². The summed E-state index contributed by atoms with van der Waals surface area (Å²) in [6, 6.07) is 16.9. The average Bonchev–Trinajstić information content (AvgIpc) is 2.49. The highest BCUT2D eigenvalue weighted by Crippen LogP contribution is 2.28. The van der Waals surface area contributed by atoms with Crippen molar-refractivity contribution in [2.45, 2.75) is 31.8 Å². The molecule has 0 fully saturated rings. The van der Waals surface area contributed by atoms with Gasteiger partial charge in [0.25, 0.3) is 0 Å². The minimum absolute atomic E-state index is 0.246. The molecule has 3 rings (SSSR count). The smallest absolute Gasteiger partial charge is 0.0611 e. The van der Waals surface area contributed by atoms with E-state index >= 15 is 0 Å². The van der Waals surface area contributed by atoms with E-state index in [1.54, 1.807) is 0 Å². The Kier molecular flexibility index (Phi) is 4.23. The summed E-state index contributed by atoms with van der Waals surface area (Å²) in [6.07, 6.45) is 3.70. The molecule has 0 saturated carbocycles. The van der Waals surface area contributed by atoms with Crippen LogP contribution in [-0.4, -0.2) is 11.2 Å². The molecule has 2 unspecified atom stereocenters. The fourth-order valence-electron chi connectivity index (χ4n) is 3.08. The second-order valence-corrected chi connectivity index (χ2v) is 6.59. The van der Waals surface area contributed by atoms with Gasteiger partial charge in [-0.05, 0) is 60.4 Å². The fraction of sp³-hybridized carbons (Fsp3) is 0.333. The molecule has 0 amide bonds. The summed E-state index contributed by atoms with van der Waals surface area (Å²) in [5.74, 6) is 0.383. The van der Waals surface area contributed by atoms with Gasteiger partial charge < -0.3 is 5.11 Å². The first-order valence-corrected chi connectivity index (χ1v) is 8.01. The van der Waals surface area contributed by atoms with Gasteiger partial charge in [-0.1, -0.05) is 52.3 Å². The minimum atomic E-state index is -0.246. The highest BCUT2D eigenvalue weighted by atomic mass is 79.9. The Hall–Kier alpha value is -1.12. The van der Waals surface area contributed by atoms with Crippen molar-refractivity contribution in [2.75, 3.05) is 0 Å². The molecule has 1 N–H and O–H groups in total. The lowest BCUT2D eigenvalue weighted by Gasteiger charge is -2.28. The van der Waals surface area contributed by atoms with Gasteiger partial charge in [-0.3, -0.25) is 0 Å². The third-order valence-electron chi connectivity index (χ3n) is 4.29. The van der Waals surface area contributed by atoms with Crippen molar-refractivity contribution in [3.05, 3.63) is 69.7 Å². The molecule has 2 aromatic carbocycles. The van der Waals surface area contributed by atoms with Gasteiger partial charge in [0.15, 0.2) is 0 Å². The summed E-state index contributed by atoms with van der Waals surface area (Å²) >= 11 is 3.44. The van der Waals surface area contributed by atoms with Crippen LogP contribution in [0, 0.1) is 5.92 Å². The van der Waals surface area contributed by atoms with Crippen LogP contribution in [0.1, 0.15) is 23.1 Å². The van der Waals surface area contributed by atoms with Gasteiger partial charge >= 0.3 is 0 Å². The molecular formula is C18H19BrO. The summed E-state index contributed by atoms with van der Waals surface area (Å²) in [6.45, 7) is 0. The van der Waals surface area contributed by atoms with Gasteiger partial charge in [0.05, 0.1) is 6.10 Å². The van der Waals surface area contributed by atoms with Crippen molar-refractivity contribution in [2.24, 2.45) is 5.92 Å². The first-order chi connectivity index (χ1) is 9.72. The van der Waals surface area contributed by atoms with Crippen molar-refractivity contribution in [1.29, 1.82) is 0 Å². The van der Waals surface area contributed by atoms with Crippen LogP contribution in [0.5, 0.6) is 0 Å². The summed E-state index contributed by atoms with van der Waals surface area (Å²) in [5.41, 5.74) is 4.08. The van der Waals surface area contributed by atoms with Crippen molar-refractivity contribution in [3.63, 3.8) is 0 Å². The minimum Gasteiger partial charge on any atom is -0.392 e. The van der Waals surface area contributed by atoms with Gasteiger partial charge in [0.1, 0.15) is 0 Å². The molecule has 20 heavy (non-hydrogen) atoms. The molecule has 1 aliphatic rings. The molecule has 0 spiro atoms. The Morgan fingerprint density at radius 3 is 2.50 bits per heavy atom. The lowest BCUT2D eigenvalue weighted by molar-refractivity contribution is 0.0993. The second-order valence-electron chi connectivity index (χ2n) is 5.67. The molecule has 104 valence electrons. The lowest BCUT2D eigenvalue weighted by Crippen LogP contribution is -2.28. The van der Waals surface area contributed by atoms with Crippen molar-refractivity contribution in [1.82, 2.24) is 0 Å². The van der Waals surface area contributed by atoms with E-state index in [0.29, 0.717) is 5.92 Å². The van der Waals surface area contributed by atoms with Crippen molar-refractivity contribution < 1.29 is 5.11 Å². The number of hydrogen-bond acceptors (Lipinski definition) is 1. The number of aliphatic hydroxyl groups is 1. The quantitative estimate of drug-likeness (QED) is 0.895. The summed E-state index contributed by atoms with van der Waals surface area (Å²) in [7, 11) is 0. The standard InChI is InChI=1S/C18H19BrO/c19-17-9-5-13(6-10-17)11-18(20)16-8-7-14-3-1-2-4-15(14)12-16/h1-6,9-10,16,18,20H,7-8,11-12H2. The SMILES string of the molecule is OC(Cc1ccc(Br)cc1)C1CCc2ccccc2C1. The number of hydrogen-bond donors (Lipinski definition) is 1. The highest BCUT2D eigenvalue weighted by Gasteiger charge is 2.24. The van der Waals surface area contributed by atoms with E-state index in [1.165, 1.54) is 16.7 Å². The van der Waals surface area contributed by atoms with E-state index < -0.39 is 0 Å². The van der Waals surface area contributed by atoms with E-state index in [4.69, 9.17) is 0 Å². The molecule has 2 heteroatoms. The number of halogens is 1. The average molecular weight is 331 g/mol. The summed E-state index contributed by atoms with van der Waals surface area (Å²) < 4.78 is 1.09. The molecule has 1 nitrogen and oxygen atoms in total. The first kappa shape index (κ1) is 13.8. The molecule has 2 atom stereocenters. The van der Waals surface area contributed by atoms with E-state index in [9.17, 15) is 5.11 Å². The number of fused-ring (bicyclic) bond motifs is 1. The zero-order valence-electron chi connectivity index (χ0n) is 11.4. The Balaban J connectivity index is 1.67. The fourth-order valence-corrected chi connectivity index (χ4v) is 3.35. The van der Waals surface area contributed by atoms with E-state index in [0.717, 1.165) is 30.2 Å². The number of aryl methyl sites for hydroxylation is 1. The third kappa shape index (κ3) is 3.13. The summed E-state index contributed by atoms with van der Waals surface area (Å²) in [5, 5.41) is 10.5. The van der Waals surface area contributed by atoms with Crippen LogP contribution in [0.15, 0.2) is 53.0 Å². The Bertz CT molecular complexity index is 576. The molecule has 0 saturated heterocycles. The van der Waals surface area contributed by atoms with Gasteiger partial charge in [-0.15, -0.1) is 0 Å². The van der Waals surface area contributed by atoms with Crippen LogP contribution >= 0.6 is 15.9 Å². The number of benzene rings is 2. The van der Waals surface area contributed by atoms with Crippen molar-refractivity contribution >= 4 is 15.9 Å². The first-order valence-electron chi connectivity index (χ1n) is 7.21. The molecule has 2 aromatic rings. The summed E-state index contributed by atoms with van der Waals surface area (Å²) in [4.78, 5) is 0. The van der Waals surface area contributed by atoms with Crippen LogP contribution < -0.4 is 0 Å². The maximum atomic E-state index is 10.5. The Morgan fingerprint density at radius 2 is 1.75 bits per heavy atom. The predicted octanol–water partition coefficient (Wildman–Crippen LogP) is 4.16. The third-order valence-corrected chi connectivity index (χ3v) is 4.82. The largest absolute Gasteiger partial charge is 0.392 e. The number of aliphatic hydroxyl groups excluding tert-OH is 1. The zero-order chi connectivity index (χ0) is 13.9. The van der Waals surface area contributed by atoms with Gasteiger partial charge in [-0.25, -0.2) is 0 Å². The van der Waals surface area contributed by atoms with Gasteiger partial charge in [-0.2, -0.15) is 0 Å². The molecule has 0 radical (unpaired) electrons. The lowest BCUT2D eigenvalue weighted by atomic mass is 9.79. The van der Waals surface area contributed by atoms with Crippen LogP contribution in [0.3, 0.4) is 0 Å². The van der Waals surface area contributed by atoms with Crippen LogP contribution in [0.4, 0.5) is 0 Å². The molecule has 0 aromatic heterocycles. The predicted molar refractivity (Wildman–Crippen MR) is 85.8 cm³/mol. The molecule has 0 bridgehead atoms. The van der Waals surface area contributed by atoms with Gasteiger partial charge in [0, 0.05) is 4.47 Å². The molecular weight excluding hydrogens is 312 g/mol. The van der Waals surface area contributed by atoms with Crippen molar-refractivity contribution in [3.8, 4) is 0 Å². The van der Waals surface area contributed by atoms with Gasteiger partial charge in [0.2, 0.25) is 0 Å². The molecule has 0 aliphatic heterocycles. The Labute approximate surface area is 128 Å². The molecule has 0 heterocycles. The molecule has 1 aliphatic carbocycles. The second kappa shape index (κ2) is 6.11. The van der Waals surface area contributed by atoms with E-state index in [2.05, 4.69) is 52.3 Å². The maximum Gasteiger partial charge on any atom is 0.0611 e. The topological polar surface area (TPSA) is 20.2 Å². The Morgan fingerprint density at radius 1 is 1.05 bits per heavy atom.